The van der Waals surface area contributed by atoms with Crippen molar-refractivity contribution in [3.8, 4) is 12.0 Å². The fourth-order valence-corrected chi connectivity index (χ4v) is 3.68. The quantitative estimate of drug-likeness (QED) is 0.732. The van der Waals surface area contributed by atoms with E-state index in [1.807, 2.05) is 20.1 Å². The van der Waals surface area contributed by atoms with Crippen LogP contribution in [0.2, 0.25) is 0 Å². The first kappa shape index (κ1) is 18.9. The summed E-state index contributed by atoms with van der Waals surface area (Å²) in [5.41, 5.74) is -0.588. The average Bonchev–Trinajstić information content (AvgIpc) is 2.81. The molecule has 0 radical (unpaired) electrons. The van der Waals surface area contributed by atoms with Gasteiger partial charge in [0.1, 0.15) is 5.66 Å². The van der Waals surface area contributed by atoms with Crippen molar-refractivity contribution in [1.82, 2.24) is 15.3 Å². The molecule has 2 saturated heterocycles. The maximum Gasteiger partial charge on any atom is 0.332 e. The maximum absolute atomic E-state index is 12.8. The SMILES string of the molecule is CC#CN1CCC2(CC1)NC(CCSC)C(=O)N2OC(=O)CCC. The highest BCUT2D eigenvalue weighted by atomic mass is 32.2. The molecule has 2 heterocycles. The Morgan fingerprint density at radius 2 is 2.17 bits per heavy atom. The van der Waals surface area contributed by atoms with E-state index in [2.05, 4.69) is 22.2 Å². The third kappa shape index (κ3) is 4.17. The number of hydrogen-bond donors (Lipinski definition) is 1. The van der Waals surface area contributed by atoms with Crippen molar-refractivity contribution in [1.29, 1.82) is 0 Å². The summed E-state index contributed by atoms with van der Waals surface area (Å²) in [5.74, 6) is 3.34. The molecule has 1 N–H and O–H groups in total. The normalized spacial score (nSPS) is 22.5. The van der Waals surface area contributed by atoms with Gasteiger partial charge in [-0.05, 0) is 31.8 Å². The topological polar surface area (TPSA) is 61.9 Å². The number of likely N-dealkylation sites (tertiary alicyclic amines) is 1. The summed E-state index contributed by atoms with van der Waals surface area (Å²) in [6.07, 6.45) is 5.18. The Kier molecular flexibility index (Phi) is 6.81. The molecular weight excluding hydrogens is 326 g/mol. The monoisotopic (exact) mass is 353 g/mol. The number of rotatable bonds is 6. The number of carbonyl (C=O) groups excluding carboxylic acids is 2. The molecule has 24 heavy (non-hydrogen) atoms. The number of amides is 1. The van der Waals surface area contributed by atoms with Crippen molar-refractivity contribution in [3.63, 3.8) is 0 Å². The Labute approximate surface area is 148 Å². The summed E-state index contributed by atoms with van der Waals surface area (Å²) in [6.45, 7) is 5.24. The van der Waals surface area contributed by atoms with Crippen molar-refractivity contribution in [3.05, 3.63) is 0 Å². The Hall–Kier alpha value is -1.39. The van der Waals surface area contributed by atoms with Crippen molar-refractivity contribution >= 4 is 23.6 Å². The van der Waals surface area contributed by atoms with E-state index in [1.165, 1.54) is 5.06 Å². The van der Waals surface area contributed by atoms with Gasteiger partial charge in [-0.1, -0.05) is 12.8 Å². The van der Waals surface area contributed by atoms with Crippen LogP contribution in [0.25, 0.3) is 0 Å². The highest BCUT2D eigenvalue weighted by molar-refractivity contribution is 7.98. The number of piperidine rings is 1. The van der Waals surface area contributed by atoms with Crippen LogP contribution in [0.5, 0.6) is 0 Å². The van der Waals surface area contributed by atoms with Gasteiger partial charge >= 0.3 is 5.97 Å². The minimum atomic E-state index is -0.588. The van der Waals surface area contributed by atoms with Gasteiger partial charge in [0.25, 0.3) is 5.91 Å². The first-order valence-electron chi connectivity index (χ1n) is 8.55. The molecule has 2 fully saturated rings. The van der Waals surface area contributed by atoms with E-state index in [-0.39, 0.29) is 17.9 Å². The summed E-state index contributed by atoms with van der Waals surface area (Å²) >= 11 is 1.71. The summed E-state index contributed by atoms with van der Waals surface area (Å²) in [5, 5.41) is 4.80. The van der Waals surface area contributed by atoms with Crippen LogP contribution in [0.3, 0.4) is 0 Å². The lowest BCUT2D eigenvalue weighted by atomic mass is 9.97. The van der Waals surface area contributed by atoms with E-state index in [4.69, 9.17) is 4.84 Å². The average molecular weight is 353 g/mol. The number of nitrogens with zero attached hydrogens (tertiary/aromatic N) is 2. The predicted octanol–water partition coefficient (Wildman–Crippen LogP) is 1.57. The van der Waals surface area contributed by atoms with Crippen LogP contribution in [0.1, 0.15) is 46.0 Å². The van der Waals surface area contributed by atoms with Gasteiger partial charge in [-0.2, -0.15) is 11.8 Å². The van der Waals surface area contributed by atoms with Crippen molar-refractivity contribution in [2.24, 2.45) is 0 Å². The zero-order chi connectivity index (χ0) is 17.6. The van der Waals surface area contributed by atoms with Crippen LogP contribution < -0.4 is 5.32 Å². The van der Waals surface area contributed by atoms with E-state index in [0.717, 1.165) is 25.3 Å². The van der Waals surface area contributed by atoms with Crippen LogP contribution in [-0.4, -0.2) is 58.6 Å². The molecule has 0 aliphatic carbocycles. The molecule has 0 bridgehead atoms. The van der Waals surface area contributed by atoms with E-state index in [0.29, 0.717) is 25.7 Å². The van der Waals surface area contributed by atoms with Gasteiger partial charge in [0.05, 0.1) is 6.04 Å². The van der Waals surface area contributed by atoms with Gasteiger partial charge in [0.2, 0.25) is 0 Å². The standard InChI is InChI=1S/C17H27N3O3S/c1-4-6-15(21)23-20-16(22)14(7-13-24-3)18-17(20)8-11-19(10-5-2)12-9-17/h14,18H,4,6-9,11-13H2,1-3H3. The molecule has 0 aromatic carbocycles. The molecule has 134 valence electrons. The van der Waals surface area contributed by atoms with E-state index >= 15 is 0 Å². The lowest BCUT2D eigenvalue weighted by Gasteiger charge is -2.41. The molecule has 7 heteroatoms. The zero-order valence-electron chi connectivity index (χ0n) is 14.8. The number of thioether (sulfide) groups is 1. The highest BCUT2D eigenvalue weighted by Crippen LogP contribution is 2.33. The number of carbonyl (C=O) groups is 2. The second kappa shape index (κ2) is 8.63. The van der Waals surface area contributed by atoms with Gasteiger partial charge < -0.3 is 9.74 Å². The van der Waals surface area contributed by atoms with E-state index in [1.54, 1.807) is 11.8 Å². The lowest BCUT2D eigenvalue weighted by Crippen LogP contribution is -2.58. The molecule has 2 rings (SSSR count). The smallest absolute Gasteiger partial charge is 0.332 e. The summed E-state index contributed by atoms with van der Waals surface area (Å²) in [4.78, 5) is 32.3. The molecule has 2 aliphatic heterocycles. The van der Waals surface area contributed by atoms with Crippen LogP contribution >= 0.6 is 11.8 Å². The molecule has 1 atom stereocenters. The number of hydroxylamine groups is 2. The second-order valence-electron chi connectivity index (χ2n) is 6.20. The van der Waals surface area contributed by atoms with Crippen LogP contribution in [0.15, 0.2) is 0 Å². The zero-order valence-corrected chi connectivity index (χ0v) is 15.6. The fourth-order valence-electron chi connectivity index (χ4n) is 3.21. The highest BCUT2D eigenvalue weighted by Gasteiger charge is 2.53. The van der Waals surface area contributed by atoms with Gasteiger partial charge in [0, 0.05) is 38.4 Å². The van der Waals surface area contributed by atoms with Gasteiger partial charge in [-0.3, -0.25) is 10.1 Å². The Balaban J connectivity index is 2.13. The molecule has 2 aliphatic rings. The molecule has 0 aromatic heterocycles. The van der Waals surface area contributed by atoms with E-state index < -0.39 is 5.66 Å². The van der Waals surface area contributed by atoms with Gasteiger partial charge in [0.15, 0.2) is 0 Å². The van der Waals surface area contributed by atoms with Crippen LogP contribution in [-0.2, 0) is 14.4 Å². The van der Waals surface area contributed by atoms with Crippen molar-refractivity contribution < 1.29 is 14.4 Å². The molecule has 6 nitrogen and oxygen atoms in total. The number of hydrogen-bond acceptors (Lipinski definition) is 6. The summed E-state index contributed by atoms with van der Waals surface area (Å²) < 4.78 is 0. The third-order valence-corrected chi connectivity index (χ3v) is 5.09. The first-order chi connectivity index (χ1) is 11.6. The second-order valence-corrected chi connectivity index (χ2v) is 7.19. The minimum Gasteiger partial charge on any atom is -0.336 e. The van der Waals surface area contributed by atoms with E-state index in [9.17, 15) is 9.59 Å². The molecule has 0 saturated carbocycles. The summed E-state index contributed by atoms with van der Waals surface area (Å²) in [6, 6.07) is 2.78. The van der Waals surface area contributed by atoms with Crippen molar-refractivity contribution in [2.75, 3.05) is 25.1 Å². The maximum atomic E-state index is 12.8. The van der Waals surface area contributed by atoms with Crippen LogP contribution in [0, 0.1) is 12.0 Å². The van der Waals surface area contributed by atoms with Gasteiger partial charge in [-0.15, -0.1) is 5.06 Å². The lowest BCUT2D eigenvalue weighted by molar-refractivity contribution is -0.220. The molecule has 0 aromatic rings. The van der Waals surface area contributed by atoms with Crippen molar-refractivity contribution in [2.45, 2.75) is 57.7 Å². The molecule has 1 unspecified atom stereocenters. The Morgan fingerprint density at radius 1 is 1.46 bits per heavy atom. The molecule has 1 amide bonds. The first-order valence-corrected chi connectivity index (χ1v) is 9.94. The minimum absolute atomic E-state index is 0.122. The predicted molar refractivity (Wildman–Crippen MR) is 94.8 cm³/mol. The fraction of sp³-hybridized carbons (Fsp3) is 0.765. The molecular formula is C17H27N3O3S. The summed E-state index contributed by atoms with van der Waals surface area (Å²) in [7, 11) is 0. The Morgan fingerprint density at radius 3 is 2.75 bits per heavy atom. The van der Waals surface area contributed by atoms with Gasteiger partial charge in [-0.25, -0.2) is 4.79 Å². The van der Waals surface area contributed by atoms with Crippen LogP contribution in [0.4, 0.5) is 0 Å². The largest absolute Gasteiger partial charge is 0.336 e. The molecule has 1 spiro atoms. The number of nitrogens with one attached hydrogen (secondary N) is 1. The third-order valence-electron chi connectivity index (χ3n) is 4.45. The Bertz CT molecular complexity index is 521.